The fourth-order valence-corrected chi connectivity index (χ4v) is 2.78. The van der Waals surface area contributed by atoms with Crippen LogP contribution in [-0.2, 0) is 17.8 Å². The van der Waals surface area contributed by atoms with E-state index < -0.39 is 18.9 Å². The zero-order valence-corrected chi connectivity index (χ0v) is 13.0. The summed E-state index contributed by atoms with van der Waals surface area (Å²) in [4.78, 5) is 30.2. The minimum Gasteiger partial charge on any atom is -0.535 e. The molecular formula is C15H13BN4O5. The third-order valence-corrected chi connectivity index (χ3v) is 3.90. The summed E-state index contributed by atoms with van der Waals surface area (Å²) in [6.07, 6.45) is 1.66. The lowest BCUT2D eigenvalue weighted by Crippen LogP contribution is -2.36. The summed E-state index contributed by atoms with van der Waals surface area (Å²) in [5.41, 5.74) is 0.620. The molecule has 126 valence electrons. The van der Waals surface area contributed by atoms with Crippen LogP contribution in [0, 0.1) is 6.57 Å². The quantitative estimate of drug-likeness (QED) is 0.615. The number of carboxylic acids is 1. The molecule has 1 aromatic carbocycles. The summed E-state index contributed by atoms with van der Waals surface area (Å²) < 4.78 is 6.62. The van der Waals surface area contributed by atoms with Crippen LogP contribution in [0.5, 0.6) is 5.75 Å². The fourth-order valence-electron chi connectivity index (χ4n) is 2.78. The SMILES string of the molecule is [C-]#[N+]c1ncn(CC(=O)C[C@H]2Cc3cccc(C(=O)O)c3OB2O)n1. The Labute approximate surface area is 142 Å². The van der Waals surface area contributed by atoms with E-state index in [1.165, 1.54) is 17.1 Å². The van der Waals surface area contributed by atoms with Crippen LogP contribution in [0.15, 0.2) is 24.5 Å². The van der Waals surface area contributed by atoms with E-state index >= 15 is 0 Å². The van der Waals surface area contributed by atoms with Gasteiger partial charge in [0.15, 0.2) is 12.1 Å². The zero-order valence-electron chi connectivity index (χ0n) is 13.0. The lowest BCUT2D eigenvalue weighted by atomic mass is 9.64. The molecule has 0 radical (unpaired) electrons. The maximum absolute atomic E-state index is 12.2. The first-order valence-electron chi connectivity index (χ1n) is 7.46. The second-order valence-corrected chi connectivity index (χ2v) is 5.67. The zero-order chi connectivity index (χ0) is 18.0. The highest BCUT2D eigenvalue weighted by molar-refractivity contribution is 6.47. The van der Waals surface area contributed by atoms with Crippen molar-refractivity contribution in [3.8, 4) is 5.75 Å². The average Bonchev–Trinajstić information content (AvgIpc) is 3.02. The number of carboxylic acid groups (broad SMARTS) is 1. The first-order valence-corrected chi connectivity index (χ1v) is 7.46. The number of carbonyl (C=O) groups is 2. The number of aromatic nitrogens is 3. The van der Waals surface area contributed by atoms with Crippen molar-refractivity contribution in [3.63, 3.8) is 0 Å². The van der Waals surface area contributed by atoms with Crippen molar-refractivity contribution in [3.05, 3.63) is 47.1 Å². The molecule has 0 saturated heterocycles. The largest absolute Gasteiger partial charge is 0.535 e. The van der Waals surface area contributed by atoms with E-state index in [4.69, 9.17) is 11.2 Å². The van der Waals surface area contributed by atoms with Gasteiger partial charge in [-0.25, -0.2) is 4.79 Å². The molecule has 9 nitrogen and oxygen atoms in total. The van der Waals surface area contributed by atoms with Crippen LogP contribution in [0.4, 0.5) is 5.95 Å². The Morgan fingerprint density at radius 3 is 2.96 bits per heavy atom. The summed E-state index contributed by atoms with van der Waals surface area (Å²) in [5, 5.41) is 23.1. The summed E-state index contributed by atoms with van der Waals surface area (Å²) in [7, 11) is -1.27. The van der Waals surface area contributed by atoms with Crippen LogP contribution in [0.1, 0.15) is 22.3 Å². The van der Waals surface area contributed by atoms with E-state index in [-0.39, 0.29) is 36.0 Å². The predicted octanol–water partition coefficient (Wildman–Crippen LogP) is 0.972. The Morgan fingerprint density at radius 1 is 1.48 bits per heavy atom. The Kier molecular flexibility index (Phi) is 4.49. The molecule has 1 aliphatic rings. The molecule has 25 heavy (non-hydrogen) atoms. The number of ketones is 1. The van der Waals surface area contributed by atoms with Crippen molar-refractivity contribution < 1.29 is 24.4 Å². The first-order chi connectivity index (χ1) is 12.0. The number of hydrogen-bond acceptors (Lipinski definition) is 6. The second kappa shape index (κ2) is 6.74. The highest BCUT2D eigenvalue weighted by Gasteiger charge is 2.37. The molecule has 2 aromatic rings. The molecule has 1 aromatic heterocycles. The van der Waals surface area contributed by atoms with E-state index in [1.54, 1.807) is 12.1 Å². The van der Waals surface area contributed by atoms with Crippen LogP contribution in [0.2, 0.25) is 5.82 Å². The van der Waals surface area contributed by atoms with Gasteiger partial charge in [-0.1, -0.05) is 17.2 Å². The van der Waals surface area contributed by atoms with Crippen LogP contribution in [-0.4, -0.2) is 43.8 Å². The lowest BCUT2D eigenvalue weighted by Gasteiger charge is -2.27. The maximum Gasteiger partial charge on any atom is 0.526 e. The van der Waals surface area contributed by atoms with Gasteiger partial charge in [-0.15, -0.1) is 11.6 Å². The van der Waals surface area contributed by atoms with E-state index in [0.29, 0.717) is 12.0 Å². The fraction of sp³-hybridized carbons (Fsp3) is 0.267. The van der Waals surface area contributed by atoms with Gasteiger partial charge in [0, 0.05) is 12.2 Å². The smallest absolute Gasteiger partial charge is 0.526 e. The molecule has 3 rings (SSSR count). The highest BCUT2D eigenvalue weighted by atomic mass is 16.5. The molecule has 0 unspecified atom stereocenters. The van der Waals surface area contributed by atoms with Crippen molar-refractivity contribution in [2.45, 2.75) is 25.2 Å². The molecule has 2 N–H and O–H groups in total. The molecule has 0 bridgehead atoms. The lowest BCUT2D eigenvalue weighted by molar-refractivity contribution is -0.120. The van der Waals surface area contributed by atoms with Gasteiger partial charge in [-0.2, -0.15) is 4.68 Å². The van der Waals surface area contributed by atoms with Crippen LogP contribution in [0.25, 0.3) is 4.85 Å². The van der Waals surface area contributed by atoms with Gasteiger partial charge in [-0.3, -0.25) is 4.79 Å². The topological polar surface area (TPSA) is 119 Å². The Morgan fingerprint density at radius 2 is 2.28 bits per heavy atom. The third kappa shape index (κ3) is 3.51. The predicted molar refractivity (Wildman–Crippen MR) is 85.4 cm³/mol. The monoisotopic (exact) mass is 340 g/mol. The van der Waals surface area contributed by atoms with E-state index in [0.717, 1.165) is 0 Å². The summed E-state index contributed by atoms with van der Waals surface area (Å²) in [5.74, 6) is -1.73. The molecule has 2 heterocycles. The molecule has 1 aliphatic heterocycles. The van der Waals surface area contributed by atoms with Crippen molar-refractivity contribution in [1.82, 2.24) is 14.8 Å². The molecule has 0 amide bonds. The number of benzene rings is 1. The number of carbonyl (C=O) groups excluding carboxylic acids is 1. The minimum atomic E-state index is -1.27. The van der Waals surface area contributed by atoms with Gasteiger partial charge in [-0.05, 0) is 18.1 Å². The van der Waals surface area contributed by atoms with Crippen molar-refractivity contribution >= 4 is 24.8 Å². The third-order valence-electron chi connectivity index (χ3n) is 3.90. The number of aromatic carboxylic acids is 1. The van der Waals surface area contributed by atoms with E-state index in [9.17, 15) is 19.7 Å². The van der Waals surface area contributed by atoms with E-state index in [2.05, 4.69) is 14.9 Å². The molecule has 1 atom stereocenters. The van der Waals surface area contributed by atoms with Gasteiger partial charge in [0.05, 0.1) is 5.56 Å². The standard InChI is InChI=1S/C15H13BN4O5/c1-17-15-18-8-20(19-15)7-11(21)6-10-5-9-3-2-4-12(14(22)23)13(9)25-16(10)24/h2-4,8,10,24H,5-7H2,(H,22,23)/t10-/m1/s1. The summed E-state index contributed by atoms with van der Waals surface area (Å²) in [6, 6.07) is 4.72. The molecular weight excluding hydrogens is 327 g/mol. The van der Waals surface area contributed by atoms with Gasteiger partial charge < -0.3 is 19.6 Å². The molecule has 0 spiro atoms. The molecule has 0 aliphatic carbocycles. The van der Waals surface area contributed by atoms with Gasteiger partial charge in [0.1, 0.15) is 12.3 Å². The van der Waals surface area contributed by atoms with Gasteiger partial charge in [0.2, 0.25) is 0 Å². The number of rotatable bonds is 5. The normalized spacial score (nSPS) is 15.8. The number of para-hydroxylation sites is 1. The number of Topliss-reactive ketones (excluding diaryl/α,β-unsaturated/α-hetero) is 1. The van der Waals surface area contributed by atoms with Gasteiger partial charge >= 0.3 is 19.0 Å². The Bertz CT molecular complexity index is 875. The molecule has 10 heteroatoms. The number of nitrogens with zero attached hydrogens (tertiary/aromatic N) is 4. The van der Waals surface area contributed by atoms with Crippen molar-refractivity contribution in [2.24, 2.45) is 0 Å². The number of fused-ring (bicyclic) bond motifs is 1. The molecule has 0 saturated carbocycles. The average molecular weight is 340 g/mol. The van der Waals surface area contributed by atoms with Crippen molar-refractivity contribution in [1.29, 1.82) is 0 Å². The number of hydrogen-bond donors (Lipinski definition) is 2. The highest BCUT2D eigenvalue weighted by Crippen LogP contribution is 2.36. The van der Waals surface area contributed by atoms with Gasteiger partial charge in [0.25, 0.3) is 0 Å². The van der Waals surface area contributed by atoms with Crippen LogP contribution >= 0.6 is 0 Å². The first kappa shape index (κ1) is 16.7. The summed E-state index contributed by atoms with van der Waals surface area (Å²) >= 11 is 0. The minimum absolute atomic E-state index is 0.0179. The maximum atomic E-state index is 12.2. The van der Waals surface area contributed by atoms with E-state index in [1.807, 2.05) is 0 Å². The summed E-state index contributed by atoms with van der Waals surface area (Å²) in [6.45, 7) is 6.74. The second-order valence-electron chi connectivity index (χ2n) is 5.67. The molecule has 0 fully saturated rings. The van der Waals surface area contributed by atoms with Crippen LogP contribution in [0.3, 0.4) is 0 Å². The van der Waals surface area contributed by atoms with Crippen molar-refractivity contribution in [2.75, 3.05) is 0 Å². The van der Waals surface area contributed by atoms with Crippen LogP contribution < -0.4 is 4.65 Å². The Balaban J connectivity index is 1.70. The Hall–Kier alpha value is -3.19.